The molecule has 1 saturated heterocycles. The molecule has 1 N–H and O–H groups in total. The topological polar surface area (TPSA) is 35.6 Å². The highest BCUT2D eigenvalue weighted by molar-refractivity contribution is 7.80. The molecule has 5 heteroatoms. The molecule has 2 aliphatic rings. The highest BCUT2D eigenvalue weighted by atomic mass is 32.1. The molecule has 1 atom stereocenters. The Morgan fingerprint density at radius 2 is 1.67 bits per heavy atom. The van der Waals surface area contributed by atoms with Crippen LogP contribution in [-0.2, 0) is 12.2 Å². The van der Waals surface area contributed by atoms with Crippen LogP contribution in [0.4, 0.5) is 0 Å². The quantitative estimate of drug-likeness (QED) is 0.658. The number of rotatable bonds is 3. The first-order valence-corrected chi connectivity index (χ1v) is 10.6. The summed E-state index contributed by atoms with van der Waals surface area (Å²) in [7, 11) is 0. The van der Waals surface area contributed by atoms with Crippen LogP contribution in [0.5, 0.6) is 0 Å². The van der Waals surface area contributed by atoms with Crippen molar-refractivity contribution in [1.29, 1.82) is 0 Å². The third kappa shape index (κ3) is 2.73. The number of hydrogen-bond acceptors (Lipinski definition) is 2. The highest BCUT2D eigenvalue weighted by Gasteiger charge is 2.58. The molecule has 0 spiro atoms. The van der Waals surface area contributed by atoms with E-state index in [4.69, 9.17) is 12.2 Å². The Hall–Kier alpha value is -3.18. The van der Waals surface area contributed by atoms with E-state index in [0.717, 1.165) is 16.7 Å². The van der Waals surface area contributed by atoms with Crippen molar-refractivity contribution < 1.29 is 4.79 Å². The normalized spacial score (nSPS) is 19.6. The van der Waals surface area contributed by atoms with Crippen molar-refractivity contribution in [2.24, 2.45) is 0 Å². The molecule has 1 amide bonds. The monoisotopic (exact) mass is 413 g/mol. The molecule has 3 aromatic carbocycles. The number of thiocarbonyl (C=S) groups is 1. The van der Waals surface area contributed by atoms with Crippen molar-refractivity contribution in [3.05, 3.63) is 107 Å². The van der Waals surface area contributed by atoms with Crippen LogP contribution in [0, 0.1) is 6.92 Å². The van der Waals surface area contributed by atoms with Gasteiger partial charge in [-0.2, -0.15) is 0 Å². The number of aryl methyl sites for hydroxylation is 1. The van der Waals surface area contributed by atoms with Gasteiger partial charge in [-0.05, 0) is 30.8 Å². The van der Waals surface area contributed by atoms with E-state index in [2.05, 4.69) is 59.6 Å². The van der Waals surface area contributed by atoms with Crippen LogP contribution >= 0.6 is 12.2 Å². The Morgan fingerprint density at radius 3 is 2.43 bits per heavy atom. The molecule has 1 unspecified atom stereocenters. The smallest absolute Gasteiger partial charge is 0.256 e. The van der Waals surface area contributed by atoms with Gasteiger partial charge in [0.15, 0.2) is 10.8 Å². The minimum Gasteiger partial charge on any atom is -0.358 e. The summed E-state index contributed by atoms with van der Waals surface area (Å²) in [6.07, 6.45) is 0. The molecule has 5 rings (SSSR count). The number of nitrogens with zero attached hydrogens (tertiary/aromatic N) is 2. The van der Waals surface area contributed by atoms with Crippen molar-refractivity contribution >= 4 is 23.2 Å². The lowest BCUT2D eigenvalue weighted by atomic mass is 9.89. The van der Waals surface area contributed by atoms with Gasteiger partial charge in [-0.15, -0.1) is 0 Å². The maximum absolute atomic E-state index is 13.3. The number of carbonyl (C=O) groups excluding carboxylic acids is 1. The van der Waals surface area contributed by atoms with Crippen molar-refractivity contribution in [3.8, 4) is 0 Å². The van der Waals surface area contributed by atoms with Crippen LogP contribution in [0.3, 0.4) is 0 Å². The fourth-order valence-electron chi connectivity index (χ4n) is 4.70. The number of fused-ring (bicyclic) bond motifs is 3. The first-order valence-electron chi connectivity index (χ1n) is 10.2. The maximum Gasteiger partial charge on any atom is 0.256 e. The molecule has 2 heterocycles. The lowest BCUT2D eigenvalue weighted by Crippen LogP contribution is -2.54. The van der Waals surface area contributed by atoms with E-state index in [1.165, 1.54) is 11.1 Å². The van der Waals surface area contributed by atoms with E-state index in [1.54, 1.807) is 0 Å². The fraction of sp³-hybridized carbons (Fsp3) is 0.200. The van der Waals surface area contributed by atoms with Crippen LogP contribution in [0.25, 0.3) is 0 Å². The molecule has 3 aromatic rings. The Morgan fingerprint density at radius 1 is 0.967 bits per heavy atom. The van der Waals surface area contributed by atoms with Crippen molar-refractivity contribution in [2.45, 2.75) is 19.1 Å². The van der Waals surface area contributed by atoms with Gasteiger partial charge in [-0.3, -0.25) is 4.79 Å². The third-order valence-corrected chi connectivity index (χ3v) is 6.46. The van der Waals surface area contributed by atoms with E-state index >= 15 is 0 Å². The first-order chi connectivity index (χ1) is 14.6. The predicted octanol–water partition coefficient (Wildman–Crippen LogP) is 4.04. The molecule has 1 fully saturated rings. The summed E-state index contributed by atoms with van der Waals surface area (Å²) in [5.74, 6) is 0.0690. The van der Waals surface area contributed by atoms with Gasteiger partial charge < -0.3 is 15.1 Å². The SMILES string of the molecule is Cc1ccc(C23c4ccccc4C(=O)N2CCN3C(=S)NCc2ccccc2)cc1. The molecule has 30 heavy (non-hydrogen) atoms. The zero-order valence-electron chi connectivity index (χ0n) is 16.8. The van der Waals surface area contributed by atoms with Crippen molar-refractivity contribution in [1.82, 2.24) is 15.1 Å². The molecular formula is C25H23N3OS. The summed E-state index contributed by atoms with van der Waals surface area (Å²) in [5, 5.41) is 4.08. The number of amides is 1. The third-order valence-electron chi connectivity index (χ3n) is 6.09. The molecule has 150 valence electrons. The largest absolute Gasteiger partial charge is 0.358 e. The number of carbonyl (C=O) groups is 1. The van der Waals surface area contributed by atoms with Crippen molar-refractivity contribution in [3.63, 3.8) is 0 Å². The van der Waals surface area contributed by atoms with Crippen LogP contribution in [-0.4, -0.2) is 33.9 Å². The molecular weight excluding hydrogens is 390 g/mol. The van der Waals surface area contributed by atoms with E-state index in [9.17, 15) is 4.79 Å². The molecule has 0 aromatic heterocycles. The average Bonchev–Trinajstić information content (AvgIpc) is 3.29. The number of hydrogen-bond donors (Lipinski definition) is 1. The highest BCUT2D eigenvalue weighted by Crippen LogP contribution is 2.49. The van der Waals surface area contributed by atoms with Gasteiger partial charge in [0.05, 0.1) is 0 Å². The van der Waals surface area contributed by atoms with E-state index in [-0.39, 0.29) is 5.91 Å². The summed E-state index contributed by atoms with van der Waals surface area (Å²) in [6, 6.07) is 26.6. The van der Waals surface area contributed by atoms with Gasteiger partial charge >= 0.3 is 0 Å². The maximum atomic E-state index is 13.3. The van der Waals surface area contributed by atoms with Gasteiger partial charge in [0.1, 0.15) is 0 Å². The standard InChI is InChI=1S/C25H23N3OS/c1-18-11-13-20(14-12-18)25-22-10-6-5-9-21(22)23(29)27(25)15-16-28(25)24(30)26-17-19-7-3-2-4-8-19/h2-14H,15-17H2,1H3,(H,26,30). The zero-order chi connectivity index (χ0) is 20.7. The van der Waals surface area contributed by atoms with E-state index in [0.29, 0.717) is 24.7 Å². The minimum absolute atomic E-state index is 0.0690. The summed E-state index contributed by atoms with van der Waals surface area (Å²) in [6.45, 7) is 4.05. The molecule has 0 radical (unpaired) electrons. The summed E-state index contributed by atoms with van der Waals surface area (Å²) in [5.41, 5.74) is 4.47. The van der Waals surface area contributed by atoms with E-state index in [1.807, 2.05) is 41.3 Å². The number of benzene rings is 3. The number of nitrogens with one attached hydrogen (secondary N) is 1. The molecule has 0 saturated carbocycles. The summed E-state index contributed by atoms with van der Waals surface area (Å²) < 4.78 is 0. The molecule has 2 aliphatic heterocycles. The lowest BCUT2D eigenvalue weighted by Gasteiger charge is -2.41. The van der Waals surface area contributed by atoms with Crippen LogP contribution in [0.1, 0.15) is 32.6 Å². The fourth-order valence-corrected chi connectivity index (χ4v) is 4.99. The van der Waals surface area contributed by atoms with Crippen molar-refractivity contribution in [2.75, 3.05) is 13.1 Å². The minimum atomic E-state index is -0.706. The Kier molecular flexibility index (Phi) is 4.55. The Balaban J connectivity index is 1.58. The average molecular weight is 414 g/mol. The molecule has 0 bridgehead atoms. The van der Waals surface area contributed by atoms with E-state index < -0.39 is 5.66 Å². The van der Waals surface area contributed by atoms with Crippen LogP contribution < -0.4 is 5.32 Å². The van der Waals surface area contributed by atoms with Crippen LogP contribution in [0.2, 0.25) is 0 Å². The Labute approximate surface area is 182 Å². The second-order valence-corrected chi connectivity index (χ2v) is 8.22. The second-order valence-electron chi connectivity index (χ2n) is 7.84. The Bertz CT molecular complexity index is 1110. The first kappa shape index (κ1) is 18.8. The van der Waals surface area contributed by atoms with Crippen LogP contribution in [0.15, 0.2) is 78.9 Å². The van der Waals surface area contributed by atoms with Gasteiger partial charge in [-0.1, -0.05) is 78.4 Å². The van der Waals surface area contributed by atoms with Gasteiger partial charge in [0, 0.05) is 36.3 Å². The zero-order valence-corrected chi connectivity index (χ0v) is 17.7. The summed E-state index contributed by atoms with van der Waals surface area (Å²) >= 11 is 5.88. The van der Waals surface area contributed by atoms with Gasteiger partial charge in [0.2, 0.25) is 0 Å². The van der Waals surface area contributed by atoms with Gasteiger partial charge in [0.25, 0.3) is 5.91 Å². The van der Waals surface area contributed by atoms with Gasteiger partial charge in [-0.25, -0.2) is 0 Å². The predicted molar refractivity (Wildman–Crippen MR) is 122 cm³/mol. The molecule has 0 aliphatic carbocycles. The lowest BCUT2D eigenvalue weighted by molar-refractivity contribution is 0.0600. The summed E-state index contributed by atoms with van der Waals surface area (Å²) in [4.78, 5) is 17.5. The second kappa shape index (κ2) is 7.26. The molecule has 4 nitrogen and oxygen atoms in total.